The lowest BCUT2D eigenvalue weighted by Gasteiger charge is -2.36. The number of hydrogen-bond acceptors (Lipinski definition) is 5. The molecule has 1 amide bonds. The van der Waals surface area contributed by atoms with E-state index in [1.165, 1.54) is 32.1 Å². The molecule has 1 saturated carbocycles. The van der Waals surface area contributed by atoms with E-state index in [0.717, 1.165) is 44.9 Å². The molecular formula is C23H35N3O3. The fourth-order valence-electron chi connectivity index (χ4n) is 4.97. The van der Waals surface area contributed by atoms with Crippen LogP contribution in [0.15, 0.2) is 18.2 Å². The van der Waals surface area contributed by atoms with Gasteiger partial charge < -0.3 is 25.0 Å². The second-order valence-electron chi connectivity index (χ2n) is 8.66. The van der Waals surface area contributed by atoms with Crippen LogP contribution in [0.25, 0.3) is 0 Å². The number of nitrogens with zero attached hydrogens (tertiary/aromatic N) is 1. The largest absolute Gasteiger partial charge is 0.497 e. The number of rotatable bonds is 7. The molecule has 6 heteroatoms. The van der Waals surface area contributed by atoms with E-state index in [0.29, 0.717) is 29.6 Å². The van der Waals surface area contributed by atoms with Gasteiger partial charge in [0, 0.05) is 31.7 Å². The first-order chi connectivity index (χ1) is 14.2. The Bertz CT molecular complexity index is 676. The average Bonchev–Trinajstić information content (AvgIpc) is 3.47. The number of nitrogens with one attached hydrogen (secondary N) is 2. The van der Waals surface area contributed by atoms with Gasteiger partial charge in [-0.25, -0.2) is 0 Å². The maximum atomic E-state index is 12.9. The summed E-state index contributed by atoms with van der Waals surface area (Å²) in [5.74, 6) is 1.26. The van der Waals surface area contributed by atoms with Crippen LogP contribution in [0.3, 0.4) is 0 Å². The zero-order chi connectivity index (χ0) is 20.1. The van der Waals surface area contributed by atoms with Crippen LogP contribution in [0.1, 0.15) is 61.7 Å². The van der Waals surface area contributed by atoms with Gasteiger partial charge in [0.25, 0.3) is 5.91 Å². The third-order valence-electron chi connectivity index (χ3n) is 6.71. The Kier molecular flexibility index (Phi) is 6.93. The molecule has 0 unspecified atom stereocenters. The average molecular weight is 402 g/mol. The zero-order valence-electron chi connectivity index (χ0n) is 17.6. The molecule has 0 bridgehead atoms. The molecule has 2 N–H and O–H groups in total. The maximum absolute atomic E-state index is 12.9. The van der Waals surface area contributed by atoms with E-state index >= 15 is 0 Å². The Labute approximate surface area is 174 Å². The molecule has 3 aliphatic rings. The summed E-state index contributed by atoms with van der Waals surface area (Å²) in [4.78, 5) is 15.5. The lowest BCUT2D eigenvalue weighted by atomic mass is 10.0. The van der Waals surface area contributed by atoms with Crippen molar-refractivity contribution in [3.05, 3.63) is 23.8 Å². The Morgan fingerprint density at radius 2 is 1.93 bits per heavy atom. The predicted molar refractivity (Wildman–Crippen MR) is 114 cm³/mol. The van der Waals surface area contributed by atoms with E-state index in [2.05, 4.69) is 15.5 Å². The molecule has 1 atom stereocenters. The lowest BCUT2D eigenvalue weighted by molar-refractivity contribution is 0.0749. The summed E-state index contributed by atoms with van der Waals surface area (Å²) in [6.07, 6.45) is 9.96. The monoisotopic (exact) mass is 401 g/mol. The standard InChI is InChI=1S/C23H35N3O3/c1-28-20-8-9-22(21(15-20)23(27)25-16-17-5-4-12-24-17)29-19-10-13-26(14-11-19)18-6-2-3-7-18/h8-9,15,17-19,24H,2-7,10-14,16H2,1H3,(H,25,27)/t17-/m0/s1. The summed E-state index contributed by atoms with van der Waals surface area (Å²) < 4.78 is 11.7. The summed E-state index contributed by atoms with van der Waals surface area (Å²) in [7, 11) is 1.62. The SMILES string of the molecule is COc1ccc(OC2CCN(C3CCCC3)CC2)c(C(=O)NC[C@@H]2CCCN2)c1. The van der Waals surface area contributed by atoms with E-state index in [-0.39, 0.29) is 12.0 Å². The van der Waals surface area contributed by atoms with Crippen molar-refractivity contribution in [1.82, 2.24) is 15.5 Å². The third kappa shape index (κ3) is 5.23. The van der Waals surface area contributed by atoms with Crippen LogP contribution in [0, 0.1) is 0 Å². The van der Waals surface area contributed by atoms with Crippen molar-refractivity contribution in [2.45, 2.75) is 69.6 Å². The highest BCUT2D eigenvalue weighted by Crippen LogP contribution is 2.30. The van der Waals surface area contributed by atoms with Gasteiger partial charge in [0.2, 0.25) is 0 Å². The van der Waals surface area contributed by atoms with E-state index in [4.69, 9.17) is 9.47 Å². The highest BCUT2D eigenvalue weighted by atomic mass is 16.5. The molecule has 29 heavy (non-hydrogen) atoms. The fraction of sp³-hybridized carbons (Fsp3) is 0.696. The molecule has 6 nitrogen and oxygen atoms in total. The number of carbonyl (C=O) groups excluding carboxylic acids is 1. The molecule has 0 spiro atoms. The van der Waals surface area contributed by atoms with Crippen LogP contribution in [0.4, 0.5) is 0 Å². The van der Waals surface area contributed by atoms with Crippen molar-refractivity contribution >= 4 is 5.91 Å². The van der Waals surface area contributed by atoms with Gasteiger partial charge in [-0.2, -0.15) is 0 Å². The molecule has 4 rings (SSSR count). The maximum Gasteiger partial charge on any atom is 0.255 e. The lowest BCUT2D eigenvalue weighted by Crippen LogP contribution is -2.43. The molecule has 2 heterocycles. The topological polar surface area (TPSA) is 62.8 Å². The van der Waals surface area contributed by atoms with Crippen LogP contribution in [0.2, 0.25) is 0 Å². The molecule has 2 saturated heterocycles. The first-order valence-electron chi connectivity index (χ1n) is 11.3. The highest BCUT2D eigenvalue weighted by molar-refractivity contribution is 5.97. The number of carbonyl (C=O) groups is 1. The molecule has 0 radical (unpaired) electrons. The Morgan fingerprint density at radius 1 is 1.14 bits per heavy atom. The number of methoxy groups -OCH3 is 1. The Hall–Kier alpha value is -1.79. The van der Waals surface area contributed by atoms with Crippen molar-refractivity contribution < 1.29 is 14.3 Å². The molecule has 1 aromatic rings. The number of amides is 1. The Balaban J connectivity index is 1.36. The summed E-state index contributed by atoms with van der Waals surface area (Å²) in [5, 5.41) is 6.49. The van der Waals surface area contributed by atoms with E-state index in [1.807, 2.05) is 12.1 Å². The van der Waals surface area contributed by atoms with Crippen molar-refractivity contribution in [2.24, 2.45) is 0 Å². The quantitative estimate of drug-likeness (QED) is 0.736. The summed E-state index contributed by atoms with van der Waals surface area (Å²) in [6, 6.07) is 6.69. The van der Waals surface area contributed by atoms with Gasteiger partial charge in [-0.05, 0) is 63.3 Å². The molecular weight excluding hydrogens is 366 g/mol. The van der Waals surface area contributed by atoms with Gasteiger partial charge in [-0.15, -0.1) is 0 Å². The van der Waals surface area contributed by atoms with E-state index in [1.54, 1.807) is 13.2 Å². The summed E-state index contributed by atoms with van der Waals surface area (Å²) >= 11 is 0. The van der Waals surface area contributed by atoms with E-state index < -0.39 is 0 Å². The number of likely N-dealkylation sites (tertiary alicyclic amines) is 1. The van der Waals surface area contributed by atoms with Crippen molar-refractivity contribution in [1.29, 1.82) is 0 Å². The minimum absolute atomic E-state index is 0.0870. The third-order valence-corrected chi connectivity index (χ3v) is 6.71. The first-order valence-corrected chi connectivity index (χ1v) is 11.3. The molecule has 3 fully saturated rings. The van der Waals surface area contributed by atoms with Crippen molar-refractivity contribution in [3.8, 4) is 11.5 Å². The number of hydrogen-bond donors (Lipinski definition) is 2. The number of benzene rings is 1. The van der Waals surface area contributed by atoms with Crippen LogP contribution in [0.5, 0.6) is 11.5 Å². The summed E-state index contributed by atoms with van der Waals surface area (Å²) in [5.41, 5.74) is 0.570. The normalized spacial score (nSPS) is 24.0. The molecule has 1 aromatic carbocycles. The number of piperidine rings is 1. The molecule has 1 aliphatic carbocycles. The van der Waals surface area contributed by atoms with Gasteiger partial charge >= 0.3 is 0 Å². The molecule has 0 aromatic heterocycles. The molecule has 160 valence electrons. The minimum atomic E-state index is -0.0870. The van der Waals surface area contributed by atoms with Gasteiger partial charge in [-0.1, -0.05) is 12.8 Å². The smallest absolute Gasteiger partial charge is 0.255 e. The first kappa shape index (κ1) is 20.5. The van der Waals surface area contributed by atoms with Crippen LogP contribution in [-0.2, 0) is 0 Å². The van der Waals surface area contributed by atoms with Gasteiger partial charge in [0.1, 0.15) is 17.6 Å². The second kappa shape index (κ2) is 9.81. The minimum Gasteiger partial charge on any atom is -0.497 e. The van der Waals surface area contributed by atoms with Crippen LogP contribution < -0.4 is 20.1 Å². The summed E-state index contributed by atoms with van der Waals surface area (Å²) in [6.45, 7) is 3.88. The number of ether oxygens (including phenoxy) is 2. The van der Waals surface area contributed by atoms with Crippen molar-refractivity contribution in [2.75, 3.05) is 33.3 Å². The van der Waals surface area contributed by atoms with Gasteiger partial charge in [0.15, 0.2) is 0 Å². The van der Waals surface area contributed by atoms with Crippen molar-refractivity contribution in [3.63, 3.8) is 0 Å². The highest BCUT2D eigenvalue weighted by Gasteiger charge is 2.28. The Morgan fingerprint density at radius 3 is 2.62 bits per heavy atom. The zero-order valence-corrected chi connectivity index (χ0v) is 17.6. The van der Waals surface area contributed by atoms with Gasteiger partial charge in [-0.3, -0.25) is 4.79 Å². The van der Waals surface area contributed by atoms with Crippen LogP contribution in [-0.4, -0.2) is 62.3 Å². The predicted octanol–water partition coefficient (Wildman–Crippen LogP) is 2.96. The fourth-order valence-corrected chi connectivity index (χ4v) is 4.97. The van der Waals surface area contributed by atoms with E-state index in [9.17, 15) is 4.79 Å². The second-order valence-corrected chi connectivity index (χ2v) is 8.66. The van der Waals surface area contributed by atoms with Gasteiger partial charge in [0.05, 0.1) is 12.7 Å². The molecule has 2 aliphatic heterocycles. The van der Waals surface area contributed by atoms with Crippen LogP contribution >= 0.6 is 0 Å².